The molecule has 1 fully saturated rings. The highest BCUT2D eigenvalue weighted by molar-refractivity contribution is 5.86. The van der Waals surface area contributed by atoms with Crippen LogP contribution in [0.15, 0.2) is 0 Å². The van der Waals surface area contributed by atoms with Gasteiger partial charge in [0.25, 0.3) is 0 Å². The van der Waals surface area contributed by atoms with Crippen molar-refractivity contribution in [3.63, 3.8) is 0 Å². The maximum Gasteiger partial charge on any atom is 0.303 e. The molecule has 1 aliphatic heterocycles. The summed E-state index contributed by atoms with van der Waals surface area (Å²) in [5.74, 6) is -2.62. The highest BCUT2D eigenvalue weighted by Gasteiger charge is 2.48. The monoisotopic (exact) mass is 798 g/mol. The van der Waals surface area contributed by atoms with Crippen molar-refractivity contribution in [3.05, 3.63) is 0 Å². The quantitative estimate of drug-likeness (QED) is 0.0343. The number of hydrogen-bond donors (Lipinski definition) is 6. The number of rotatable bonds is 37. The second-order valence-corrected chi connectivity index (χ2v) is 16.2. The fraction of sp³-hybridized carbons (Fsp3) is 0.909. The maximum atomic E-state index is 13.9. The van der Waals surface area contributed by atoms with Crippen LogP contribution in [0.4, 0.5) is 0 Å². The number of nitrogens with one attached hydrogen (secondary N) is 2. The summed E-state index contributed by atoms with van der Waals surface area (Å²) in [5, 5.41) is 45.7. The van der Waals surface area contributed by atoms with Gasteiger partial charge in [-0.05, 0) is 12.8 Å². The van der Waals surface area contributed by atoms with Gasteiger partial charge in [0.1, 0.15) is 24.4 Å². The van der Waals surface area contributed by atoms with E-state index in [1.54, 1.807) is 4.90 Å². The number of aliphatic hydroxyl groups excluding tert-OH is 3. The summed E-state index contributed by atoms with van der Waals surface area (Å²) in [4.78, 5) is 51.2. The molecule has 12 nitrogen and oxygen atoms in total. The summed E-state index contributed by atoms with van der Waals surface area (Å²) in [6, 6.07) is -1.22. The predicted octanol–water partition coefficient (Wildman–Crippen LogP) is 7.68. The molecule has 1 rings (SSSR count). The van der Waals surface area contributed by atoms with Crippen LogP contribution in [0.25, 0.3) is 0 Å². The van der Waals surface area contributed by atoms with Crippen LogP contribution in [0.5, 0.6) is 0 Å². The van der Waals surface area contributed by atoms with E-state index in [1.807, 2.05) is 0 Å². The molecule has 1 heterocycles. The fourth-order valence-electron chi connectivity index (χ4n) is 7.55. The summed E-state index contributed by atoms with van der Waals surface area (Å²) < 4.78 is 6.07. The summed E-state index contributed by atoms with van der Waals surface area (Å²) >= 11 is 0. The van der Waals surface area contributed by atoms with Gasteiger partial charge >= 0.3 is 5.97 Å². The van der Waals surface area contributed by atoms with E-state index < -0.39 is 61.5 Å². The zero-order valence-electron chi connectivity index (χ0n) is 35.5. The topological polar surface area (TPSA) is 186 Å². The number of carbonyl (C=O) groups is 4. The molecule has 1 aliphatic rings. The molecule has 6 N–H and O–H groups in total. The lowest BCUT2D eigenvalue weighted by Crippen LogP contribution is -2.69. The van der Waals surface area contributed by atoms with E-state index in [0.29, 0.717) is 19.4 Å². The lowest BCUT2D eigenvalue weighted by Gasteiger charge is -2.47. The number of amides is 3. The van der Waals surface area contributed by atoms with Gasteiger partial charge < -0.3 is 40.7 Å². The van der Waals surface area contributed by atoms with Crippen molar-refractivity contribution in [3.8, 4) is 0 Å². The largest absolute Gasteiger partial charge is 0.481 e. The average molecular weight is 798 g/mol. The van der Waals surface area contributed by atoms with Gasteiger partial charge in [0, 0.05) is 19.4 Å². The molecule has 12 heteroatoms. The van der Waals surface area contributed by atoms with Gasteiger partial charge in [-0.3, -0.25) is 19.2 Å². The minimum Gasteiger partial charge on any atom is -0.481 e. The Labute approximate surface area is 339 Å². The van der Waals surface area contributed by atoms with Crippen molar-refractivity contribution in [2.45, 2.75) is 237 Å². The van der Waals surface area contributed by atoms with Crippen molar-refractivity contribution in [1.29, 1.82) is 0 Å². The highest BCUT2D eigenvalue weighted by Crippen LogP contribution is 2.26. The zero-order chi connectivity index (χ0) is 41.2. The molecule has 1 saturated heterocycles. The maximum absolute atomic E-state index is 13.9. The van der Waals surface area contributed by atoms with E-state index >= 15 is 0 Å². The predicted molar refractivity (Wildman–Crippen MR) is 222 cm³/mol. The Kier molecular flexibility index (Phi) is 32.1. The van der Waals surface area contributed by atoms with Gasteiger partial charge in [-0.25, -0.2) is 0 Å². The number of aliphatic hydroxyl groups is 3. The van der Waals surface area contributed by atoms with E-state index in [2.05, 4.69) is 24.5 Å². The molecule has 0 radical (unpaired) electrons. The Morgan fingerprint density at radius 2 is 0.982 bits per heavy atom. The zero-order valence-corrected chi connectivity index (χ0v) is 35.5. The van der Waals surface area contributed by atoms with E-state index in [0.717, 1.165) is 38.5 Å². The molecule has 328 valence electrons. The van der Waals surface area contributed by atoms with Gasteiger partial charge in [0.15, 0.2) is 6.23 Å². The van der Waals surface area contributed by atoms with Crippen LogP contribution in [0.1, 0.15) is 206 Å². The molecule has 0 bridgehead atoms. The second-order valence-electron chi connectivity index (χ2n) is 16.2. The third-order valence-electron chi connectivity index (χ3n) is 11.1. The fourth-order valence-corrected chi connectivity index (χ4v) is 7.55. The third-order valence-corrected chi connectivity index (χ3v) is 11.1. The van der Waals surface area contributed by atoms with Crippen LogP contribution >= 0.6 is 0 Å². The molecule has 0 saturated carbocycles. The smallest absolute Gasteiger partial charge is 0.303 e. The molecule has 56 heavy (non-hydrogen) atoms. The minimum atomic E-state index is -1.55. The van der Waals surface area contributed by atoms with Gasteiger partial charge in [0.05, 0.1) is 19.6 Å². The normalized spacial score (nSPS) is 19.5. The van der Waals surface area contributed by atoms with E-state index in [9.17, 15) is 34.5 Å². The molecular weight excluding hydrogens is 714 g/mol. The lowest BCUT2D eigenvalue weighted by atomic mass is 9.94. The molecule has 0 spiro atoms. The Morgan fingerprint density at radius 3 is 1.41 bits per heavy atom. The van der Waals surface area contributed by atoms with Gasteiger partial charge in [-0.1, -0.05) is 174 Å². The van der Waals surface area contributed by atoms with Crippen LogP contribution in [0, 0.1) is 0 Å². The van der Waals surface area contributed by atoms with Gasteiger partial charge in [0.2, 0.25) is 17.7 Å². The molecule has 0 aliphatic carbocycles. The van der Waals surface area contributed by atoms with Crippen LogP contribution in [0.3, 0.4) is 0 Å². The van der Waals surface area contributed by atoms with Crippen LogP contribution in [0.2, 0.25) is 0 Å². The Hall–Kier alpha value is -2.28. The van der Waals surface area contributed by atoms with Crippen molar-refractivity contribution in [1.82, 2.24) is 15.5 Å². The summed E-state index contributed by atoms with van der Waals surface area (Å²) in [7, 11) is 0. The van der Waals surface area contributed by atoms with Crippen molar-refractivity contribution in [2.75, 3.05) is 19.7 Å². The van der Waals surface area contributed by atoms with Crippen molar-refractivity contribution in [2.24, 2.45) is 0 Å². The first kappa shape index (κ1) is 51.7. The van der Waals surface area contributed by atoms with Gasteiger partial charge in [-0.15, -0.1) is 0 Å². The van der Waals surface area contributed by atoms with Crippen molar-refractivity contribution < 1.29 is 44.3 Å². The lowest BCUT2D eigenvalue weighted by molar-refractivity contribution is -0.231. The third kappa shape index (κ3) is 25.2. The summed E-state index contributed by atoms with van der Waals surface area (Å²) in [5.41, 5.74) is 0. The highest BCUT2D eigenvalue weighted by atomic mass is 16.5. The standard InChI is InChI=1S/C44H83N3O9/c1-3-5-7-9-11-13-15-16-17-18-19-21-23-25-27-29-33-47(39(51)30-28-26-24-22-20-14-12-10-8-6-4-2)44-41(43(55)42(54)36(35-48)56-44)46-38(50)34-45-37(49)31-32-40(52)53/h36,41-44,48,54-55H,3-35H2,1-2H3,(H,45,49)(H,46,50)(H,52,53)/t36-,41-,42+,43-,44-/m1/s1. The SMILES string of the molecule is CCCCCCCCCCCCCCCCCCN(C(=O)CCCCCCCCCCCCC)[C@@H]1O[C@H](CO)[C@H](O)[C@H](O)[C@H]1NC(=O)CNC(=O)CCC(=O)O. The molecule has 0 unspecified atom stereocenters. The number of aliphatic carboxylic acids is 1. The molecular formula is C44H83N3O9. The summed E-state index contributed by atoms with van der Waals surface area (Å²) in [6.45, 7) is 3.74. The Morgan fingerprint density at radius 1 is 0.554 bits per heavy atom. The number of carboxylic acid groups (broad SMARTS) is 1. The first-order valence-corrected chi connectivity index (χ1v) is 22.9. The summed E-state index contributed by atoms with van der Waals surface area (Å²) in [6.07, 6.45) is 26.5. The molecule has 5 atom stereocenters. The average Bonchev–Trinajstić information content (AvgIpc) is 3.18. The number of nitrogens with zero attached hydrogens (tertiary/aromatic N) is 1. The number of ether oxygens (including phenoxy) is 1. The Balaban J connectivity index is 2.74. The van der Waals surface area contributed by atoms with Crippen molar-refractivity contribution >= 4 is 23.7 Å². The van der Waals surface area contributed by atoms with E-state index in [4.69, 9.17) is 9.84 Å². The molecule has 3 amide bonds. The number of carboxylic acids is 1. The van der Waals surface area contributed by atoms with E-state index in [-0.39, 0.29) is 25.2 Å². The van der Waals surface area contributed by atoms with Crippen LogP contribution < -0.4 is 10.6 Å². The molecule has 0 aromatic carbocycles. The molecule has 0 aromatic rings. The van der Waals surface area contributed by atoms with Crippen LogP contribution in [-0.2, 0) is 23.9 Å². The second kappa shape index (κ2) is 34.7. The first-order valence-electron chi connectivity index (χ1n) is 22.9. The Bertz CT molecular complexity index is 1020. The molecule has 0 aromatic heterocycles. The minimum absolute atomic E-state index is 0.173. The number of unbranched alkanes of at least 4 members (excludes halogenated alkanes) is 25. The first-order chi connectivity index (χ1) is 27.2. The number of hydrogen-bond acceptors (Lipinski definition) is 8. The van der Waals surface area contributed by atoms with Crippen LogP contribution in [-0.4, -0.2) is 99.3 Å². The van der Waals surface area contributed by atoms with E-state index in [1.165, 1.54) is 122 Å². The van der Waals surface area contributed by atoms with Gasteiger partial charge in [-0.2, -0.15) is 0 Å². The number of carbonyl (C=O) groups excluding carboxylic acids is 3.